The fourth-order valence-electron chi connectivity index (χ4n) is 1.72. The first-order valence-corrected chi connectivity index (χ1v) is 5.16. The Balaban J connectivity index is 2.27. The molecule has 0 bridgehead atoms. The van der Waals surface area contributed by atoms with Gasteiger partial charge in [-0.05, 0) is 12.1 Å². The number of piperazine rings is 1. The molecule has 2 rings (SSSR count). The van der Waals surface area contributed by atoms with Crippen LogP contribution < -0.4 is 5.32 Å². The van der Waals surface area contributed by atoms with E-state index in [9.17, 15) is 19.8 Å². The van der Waals surface area contributed by atoms with Crippen molar-refractivity contribution in [2.45, 2.75) is 0 Å². The summed E-state index contributed by atoms with van der Waals surface area (Å²) in [5.41, 5.74) is -0.165. The van der Waals surface area contributed by atoms with Crippen LogP contribution in [0.25, 0.3) is 0 Å². The molecule has 1 heterocycles. The quantitative estimate of drug-likeness (QED) is 0.622. The zero-order chi connectivity index (χ0) is 12.4. The molecule has 1 saturated heterocycles. The third-order valence-corrected chi connectivity index (χ3v) is 2.56. The van der Waals surface area contributed by atoms with E-state index in [0.717, 1.165) is 0 Å². The van der Waals surface area contributed by atoms with Gasteiger partial charge in [0.2, 0.25) is 5.91 Å². The molecule has 90 valence electrons. The van der Waals surface area contributed by atoms with E-state index in [4.69, 9.17) is 0 Å². The fourth-order valence-corrected chi connectivity index (χ4v) is 1.72. The van der Waals surface area contributed by atoms with Crippen LogP contribution in [0.3, 0.4) is 0 Å². The van der Waals surface area contributed by atoms with E-state index in [2.05, 4.69) is 5.32 Å². The van der Waals surface area contributed by atoms with E-state index in [1.807, 2.05) is 0 Å². The standard InChI is InChI=1S/C11H12N2O4/c14-7-2-1-3-8(15)10(7)11(17)13-5-4-12-9(16)6-13/h1-3,14-15H,4-6H2,(H,12,16). The molecular formula is C11H12N2O4. The molecule has 2 amide bonds. The maximum absolute atomic E-state index is 12.0. The zero-order valence-electron chi connectivity index (χ0n) is 9.01. The van der Waals surface area contributed by atoms with Gasteiger partial charge < -0.3 is 20.4 Å². The Hall–Kier alpha value is -2.24. The van der Waals surface area contributed by atoms with Crippen LogP contribution in [0.1, 0.15) is 10.4 Å². The second-order valence-electron chi connectivity index (χ2n) is 3.75. The average Bonchev–Trinajstić information content (AvgIpc) is 2.28. The number of hydrogen-bond donors (Lipinski definition) is 3. The lowest BCUT2D eigenvalue weighted by atomic mass is 10.1. The van der Waals surface area contributed by atoms with E-state index in [-0.39, 0.29) is 29.5 Å². The number of phenolic OH excluding ortho intramolecular Hbond substituents is 2. The number of carbonyl (C=O) groups excluding carboxylic acids is 2. The summed E-state index contributed by atoms with van der Waals surface area (Å²) in [6.45, 7) is 0.671. The number of amides is 2. The van der Waals surface area contributed by atoms with Crippen molar-refractivity contribution in [1.29, 1.82) is 0 Å². The Morgan fingerprint density at radius 2 is 1.94 bits per heavy atom. The summed E-state index contributed by atoms with van der Waals surface area (Å²) in [6, 6.07) is 4.07. The van der Waals surface area contributed by atoms with Gasteiger partial charge in [-0.2, -0.15) is 0 Å². The number of phenols is 2. The lowest BCUT2D eigenvalue weighted by Gasteiger charge is -2.27. The van der Waals surface area contributed by atoms with Crippen molar-refractivity contribution in [2.24, 2.45) is 0 Å². The lowest BCUT2D eigenvalue weighted by Crippen LogP contribution is -2.49. The van der Waals surface area contributed by atoms with Gasteiger partial charge in [0.15, 0.2) is 0 Å². The minimum atomic E-state index is -0.546. The predicted molar refractivity (Wildman–Crippen MR) is 58.7 cm³/mol. The number of nitrogens with zero attached hydrogens (tertiary/aromatic N) is 1. The SMILES string of the molecule is O=C1CN(C(=O)c2c(O)cccc2O)CCN1. The van der Waals surface area contributed by atoms with Crippen LogP contribution in [0.5, 0.6) is 11.5 Å². The highest BCUT2D eigenvalue weighted by atomic mass is 16.3. The van der Waals surface area contributed by atoms with E-state index in [1.165, 1.54) is 23.1 Å². The van der Waals surface area contributed by atoms with E-state index in [1.54, 1.807) is 0 Å². The normalized spacial score (nSPS) is 15.5. The van der Waals surface area contributed by atoms with Crippen LogP contribution >= 0.6 is 0 Å². The second-order valence-corrected chi connectivity index (χ2v) is 3.75. The third-order valence-electron chi connectivity index (χ3n) is 2.56. The van der Waals surface area contributed by atoms with Crippen LogP contribution in [-0.4, -0.2) is 46.6 Å². The van der Waals surface area contributed by atoms with Gasteiger partial charge in [0.1, 0.15) is 17.1 Å². The van der Waals surface area contributed by atoms with Crippen molar-refractivity contribution in [3.63, 3.8) is 0 Å². The minimum absolute atomic E-state index is 0.0629. The molecule has 1 aliphatic heterocycles. The summed E-state index contributed by atoms with van der Waals surface area (Å²) < 4.78 is 0. The lowest BCUT2D eigenvalue weighted by molar-refractivity contribution is -0.123. The Bertz CT molecular complexity index is 452. The number of aromatic hydroxyl groups is 2. The third kappa shape index (κ3) is 2.15. The van der Waals surface area contributed by atoms with E-state index >= 15 is 0 Å². The number of nitrogens with one attached hydrogen (secondary N) is 1. The molecule has 3 N–H and O–H groups in total. The summed E-state index contributed by atoms with van der Waals surface area (Å²) in [7, 11) is 0. The molecule has 1 aromatic rings. The fraction of sp³-hybridized carbons (Fsp3) is 0.273. The van der Waals surface area contributed by atoms with Gasteiger partial charge in [0, 0.05) is 13.1 Å². The maximum atomic E-state index is 12.0. The van der Waals surface area contributed by atoms with Crippen LogP contribution in [-0.2, 0) is 4.79 Å². The van der Waals surface area contributed by atoms with Gasteiger partial charge in [0.05, 0.1) is 6.54 Å². The van der Waals surface area contributed by atoms with Crippen molar-refractivity contribution >= 4 is 11.8 Å². The van der Waals surface area contributed by atoms with Gasteiger partial charge in [-0.15, -0.1) is 0 Å². The molecule has 6 nitrogen and oxygen atoms in total. The van der Waals surface area contributed by atoms with Gasteiger partial charge in [0.25, 0.3) is 5.91 Å². The molecule has 0 atom stereocenters. The van der Waals surface area contributed by atoms with Crippen LogP contribution in [0.2, 0.25) is 0 Å². The minimum Gasteiger partial charge on any atom is -0.507 e. The summed E-state index contributed by atoms with van der Waals surface area (Å²) in [5, 5.41) is 21.7. The summed E-state index contributed by atoms with van der Waals surface area (Å²) in [6.07, 6.45) is 0. The smallest absolute Gasteiger partial charge is 0.261 e. The van der Waals surface area contributed by atoms with Gasteiger partial charge in [-0.3, -0.25) is 9.59 Å². The van der Waals surface area contributed by atoms with Crippen LogP contribution in [0.15, 0.2) is 18.2 Å². The number of hydrogen-bond acceptors (Lipinski definition) is 4. The molecule has 17 heavy (non-hydrogen) atoms. The van der Waals surface area contributed by atoms with Crippen molar-refractivity contribution < 1.29 is 19.8 Å². The van der Waals surface area contributed by atoms with E-state index < -0.39 is 5.91 Å². The highest BCUT2D eigenvalue weighted by Gasteiger charge is 2.26. The predicted octanol–water partition coefficient (Wildman–Crippen LogP) is -0.330. The summed E-state index contributed by atoms with van der Waals surface area (Å²) in [4.78, 5) is 24.4. The molecule has 0 aromatic heterocycles. The Morgan fingerprint density at radius 1 is 1.29 bits per heavy atom. The Morgan fingerprint density at radius 3 is 2.53 bits per heavy atom. The van der Waals surface area contributed by atoms with Crippen molar-refractivity contribution in [3.8, 4) is 11.5 Å². The largest absolute Gasteiger partial charge is 0.507 e. The molecule has 0 aliphatic carbocycles. The van der Waals surface area contributed by atoms with Crippen molar-refractivity contribution in [3.05, 3.63) is 23.8 Å². The highest BCUT2D eigenvalue weighted by Crippen LogP contribution is 2.27. The number of rotatable bonds is 1. The van der Waals surface area contributed by atoms with Gasteiger partial charge in [-0.25, -0.2) is 0 Å². The molecule has 0 radical (unpaired) electrons. The molecule has 1 aromatic carbocycles. The van der Waals surface area contributed by atoms with Gasteiger partial charge in [-0.1, -0.05) is 6.07 Å². The first kappa shape index (κ1) is 11.3. The van der Waals surface area contributed by atoms with E-state index in [0.29, 0.717) is 13.1 Å². The molecule has 0 unspecified atom stereocenters. The molecule has 1 fully saturated rings. The van der Waals surface area contributed by atoms with Gasteiger partial charge >= 0.3 is 0 Å². The molecule has 1 aliphatic rings. The second kappa shape index (κ2) is 4.32. The Labute approximate surface area is 97.5 Å². The molecular weight excluding hydrogens is 224 g/mol. The number of benzene rings is 1. The van der Waals surface area contributed by atoms with Crippen molar-refractivity contribution in [2.75, 3.05) is 19.6 Å². The highest BCUT2D eigenvalue weighted by molar-refractivity contribution is 6.01. The average molecular weight is 236 g/mol. The molecule has 6 heteroatoms. The zero-order valence-corrected chi connectivity index (χ0v) is 9.01. The monoisotopic (exact) mass is 236 g/mol. The summed E-state index contributed by atoms with van der Waals surface area (Å²) >= 11 is 0. The molecule has 0 spiro atoms. The van der Waals surface area contributed by atoms with Crippen LogP contribution in [0, 0.1) is 0 Å². The first-order chi connectivity index (χ1) is 8.09. The molecule has 0 saturated carbocycles. The first-order valence-electron chi connectivity index (χ1n) is 5.16. The topological polar surface area (TPSA) is 89.9 Å². The maximum Gasteiger partial charge on any atom is 0.261 e. The summed E-state index contributed by atoms with van der Waals surface area (Å²) in [5.74, 6) is -1.38. The van der Waals surface area contributed by atoms with Crippen LogP contribution in [0.4, 0.5) is 0 Å². The van der Waals surface area contributed by atoms with Crippen molar-refractivity contribution in [1.82, 2.24) is 10.2 Å². The Kier molecular flexibility index (Phi) is 2.86. The number of carbonyl (C=O) groups is 2.